The van der Waals surface area contributed by atoms with E-state index in [-0.39, 0.29) is 5.56 Å². The SMILES string of the molecule is COc1ccc(-c2cc(C(=O)O[C@H](C)C(=O)Nc3cc(Cl)cc(Cl)c3)c3ccccc3n2)cc1OC. The normalized spacial score (nSPS) is 11.6. The van der Waals surface area contributed by atoms with Crippen LogP contribution in [0.3, 0.4) is 0 Å². The first kappa shape index (κ1) is 25.3. The molecule has 9 heteroatoms. The topological polar surface area (TPSA) is 86.8 Å². The second kappa shape index (κ2) is 10.8. The molecule has 1 N–H and O–H groups in total. The van der Waals surface area contributed by atoms with Gasteiger partial charge < -0.3 is 19.5 Å². The Hall–Kier alpha value is -3.81. The van der Waals surface area contributed by atoms with E-state index in [0.717, 1.165) is 5.56 Å². The first-order valence-electron chi connectivity index (χ1n) is 10.9. The zero-order valence-corrected chi connectivity index (χ0v) is 21.2. The summed E-state index contributed by atoms with van der Waals surface area (Å²) in [6.45, 7) is 1.48. The molecule has 0 aliphatic heterocycles. The fraction of sp³-hybridized carbons (Fsp3) is 0.148. The van der Waals surface area contributed by atoms with Crippen molar-refractivity contribution in [2.75, 3.05) is 19.5 Å². The number of carbonyl (C=O) groups is 2. The van der Waals surface area contributed by atoms with Gasteiger partial charge >= 0.3 is 5.97 Å². The Morgan fingerprint density at radius 1 is 0.889 bits per heavy atom. The maximum atomic E-state index is 13.2. The summed E-state index contributed by atoms with van der Waals surface area (Å²) in [5.74, 6) is -0.0924. The van der Waals surface area contributed by atoms with E-state index in [1.807, 2.05) is 12.1 Å². The van der Waals surface area contributed by atoms with Crippen molar-refractivity contribution >= 4 is 51.7 Å². The number of fused-ring (bicyclic) bond motifs is 1. The summed E-state index contributed by atoms with van der Waals surface area (Å²) in [7, 11) is 3.10. The van der Waals surface area contributed by atoms with Crippen LogP contribution in [0.2, 0.25) is 10.0 Å². The maximum Gasteiger partial charge on any atom is 0.339 e. The van der Waals surface area contributed by atoms with E-state index < -0.39 is 18.0 Å². The second-order valence-electron chi connectivity index (χ2n) is 7.84. The number of ether oxygens (including phenoxy) is 3. The number of benzene rings is 3. The van der Waals surface area contributed by atoms with Gasteiger partial charge in [0, 0.05) is 26.7 Å². The average Bonchev–Trinajstić information content (AvgIpc) is 2.86. The number of pyridine rings is 1. The number of halogens is 2. The van der Waals surface area contributed by atoms with Crippen molar-refractivity contribution in [1.29, 1.82) is 0 Å². The zero-order valence-electron chi connectivity index (χ0n) is 19.7. The highest BCUT2D eigenvalue weighted by Gasteiger charge is 2.22. The Bertz CT molecular complexity index is 1440. The number of methoxy groups -OCH3 is 2. The van der Waals surface area contributed by atoms with Crippen LogP contribution in [-0.2, 0) is 9.53 Å². The predicted octanol–water partition coefficient (Wildman–Crippen LogP) is 6.41. The lowest BCUT2D eigenvalue weighted by Gasteiger charge is -2.16. The number of carbonyl (C=O) groups excluding carboxylic acids is 2. The van der Waals surface area contributed by atoms with Gasteiger partial charge in [0.15, 0.2) is 17.6 Å². The smallest absolute Gasteiger partial charge is 0.339 e. The van der Waals surface area contributed by atoms with E-state index in [0.29, 0.717) is 43.8 Å². The van der Waals surface area contributed by atoms with Crippen LogP contribution < -0.4 is 14.8 Å². The third-order valence-electron chi connectivity index (χ3n) is 5.40. The molecule has 184 valence electrons. The number of esters is 1. The number of rotatable bonds is 7. The average molecular weight is 525 g/mol. The molecule has 0 unspecified atom stereocenters. The second-order valence-corrected chi connectivity index (χ2v) is 8.71. The van der Waals surface area contributed by atoms with Gasteiger partial charge in [-0.05, 0) is 55.5 Å². The van der Waals surface area contributed by atoms with Gasteiger partial charge in [-0.1, -0.05) is 41.4 Å². The lowest BCUT2D eigenvalue weighted by molar-refractivity contribution is -0.123. The molecule has 1 atom stereocenters. The number of para-hydroxylation sites is 1. The van der Waals surface area contributed by atoms with Gasteiger partial charge in [-0.25, -0.2) is 9.78 Å². The molecule has 4 rings (SSSR count). The van der Waals surface area contributed by atoms with E-state index in [1.54, 1.807) is 68.8 Å². The molecule has 3 aromatic carbocycles. The van der Waals surface area contributed by atoms with E-state index in [9.17, 15) is 9.59 Å². The fourth-order valence-electron chi connectivity index (χ4n) is 3.64. The summed E-state index contributed by atoms with van der Waals surface area (Å²) in [6.07, 6.45) is -1.09. The van der Waals surface area contributed by atoms with Crippen LogP contribution >= 0.6 is 23.2 Å². The molecule has 36 heavy (non-hydrogen) atoms. The summed E-state index contributed by atoms with van der Waals surface area (Å²) in [6, 6.07) is 18.8. The Morgan fingerprint density at radius 3 is 2.28 bits per heavy atom. The van der Waals surface area contributed by atoms with Gasteiger partial charge in [0.05, 0.1) is 31.0 Å². The summed E-state index contributed by atoms with van der Waals surface area (Å²) < 4.78 is 16.2. The summed E-state index contributed by atoms with van der Waals surface area (Å²) in [4.78, 5) is 30.6. The molecule has 4 aromatic rings. The standard InChI is InChI=1S/C27H22Cl2N2O5/c1-15(26(32)30-19-12-17(28)11-18(29)13-19)36-27(33)21-14-23(31-22-7-5-4-6-20(21)22)16-8-9-24(34-2)25(10-16)35-3/h4-15H,1-3H3,(H,30,32)/t15-/m1/s1. The summed E-state index contributed by atoms with van der Waals surface area (Å²) in [5, 5.41) is 3.99. The number of hydrogen-bond acceptors (Lipinski definition) is 6. The van der Waals surface area contributed by atoms with Crippen molar-refractivity contribution in [3.05, 3.63) is 82.3 Å². The largest absolute Gasteiger partial charge is 0.493 e. The highest BCUT2D eigenvalue weighted by atomic mass is 35.5. The van der Waals surface area contributed by atoms with Crippen molar-refractivity contribution in [3.8, 4) is 22.8 Å². The zero-order chi connectivity index (χ0) is 25.8. The van der Waals surface area contributed by atoms with E-state index >= 15 is 0 Å². The number of nitrogens with one attached hydrogen (secondary N) is 1. The minimum atomic E-state index is -1.09. The highest BCUT2D eigenvalue weighted by molar-refractivity contribution is 6.35. The minimum absolute atomic E-state index is 0.274. The molecule has 0 aliphatic carbocycles. The number of nitrogens with zero attached hydrogens (tertiary/aromatic N) is 1. The van der Waals surface area contributed by atoms with Crippen LogP contribution in [0.25, 0.3) is 22.2 Å². The molecule has 0 aliphatic rings. The Balaban J connectivity index is 1.63. The first-order valence-corrected chi connectivity index (χ1v) is 11.6. The van der Waals surface area contributed by atoms with Gasteiger partial charge in [-0.15, -0.1) is 0 Å². The van der Waals surface area contributed by atoms with Crippen LogP contribution in [0, 0.1) is 0 Å². The molecule has 0 saturated heterocycles. The van der Waals surface area contributed by atoms with Crippen LogP contribution in [0.1, 0.15) is 17.3 Å². The van der Waals surface area contributed by atoms with Gasteiger partial charge in [-0.3, -0.25) is 4.79 Å². The van der Waals surface area contributed by atoms with Crippen LogP contribution in [0.15, 0.2) is 66.7 Å². The van der Waals surface area contributed by atoms with E-state index in [2.05, 4.69) is 5.32 Å². The van der Waals surface area contributed by atoms with Gasteiger partial charge in [0.25, 0.3) is 5.91 Å². The molecule has 0 bridgehead atoms. The van der Waals surface area contributed by atoms with Crippen molar-refractivity contribution in [2.24, 2.45) is 0 Å². The van der Waals surface area contributed by atoms with Crippen molar-refractivity contribution in [2.45, 2.75) is 13.0 Å². The van der Waals surface area contributed by atoms with Gasteiger partial charge in [0.2, 0.25) is 0 Å². The summed E-state index contributed by atoms with van der Waals surface area (Å²) in [5.41, 5.74) is 2.52. The first-order chi connectivity index (χ1) is 17.3. The van der Waals surface area contributed by atoms with Crippen LogP contribution in [-0.4, -0.2) is 37.2 Å². The number of anilines is 1. The molecule has 0 saturated carbocycles. The Kier molecular flexibility index (Phi) is 7.62. The number of aromatic nitrogens is 1. The molecule has 1 heterocycles. The van der Waals surface area contributed by atoms with E-state index in [4.69, 9.17) is 42.4 Å². The fourth-order valence-corrected chi connectivity index (χ4v) is 4.16. The molecular weight excluding hydrogens is 503 g/mol. The minimum Gasteiger partial charge on any atom is -0.493 e. The maximum absolute atomic E-state index is 13.2. The third kappa shape index (κ3) is 5.53. The van der Waals surface area contributed by atoms with E-state index in [1.165, 1.54) is 6.92 Å². The molecule has 0 spiro atoms. The van der Waals surface area contributed by atoms with Gasteiger partial charge in [0.1, 0.15) is 0 Å². The Labute approximate surface area is 217 Å². The highest BCUT2D eigenvalue weighted by Crippen LogP contribution is 2.33. The molecule has 0 radical (unpaired) electrons. The third-order valence-corrected chi connectivity index (χ3v) is 5.83. The van der Waals surface area contributed by atoms with Crippen molar-refractivity contribution in [3.63, 3.8) is 0 Å². The monoisotopic (exact) mass is 524 g/mol. The molecule has 0 fully saturated rings. The number of amides is 1. The molecular formula is C27H22Cl2N2O5. The lowest BCUT2D eigenvalue weighted by Crippen LogP contribution is -2.30. The molecule has 7 nitrogen and oxygen atoms in total. The predicted molar refractivity (Wildman–Crippen MR) is 140 cm³/mol. The molecule has 1 amide bonds. The van der Waals surface area contributed by atoms with Crippen LogP contribution in [0.5, 0.6) is 11.5 Å². The van der Waals surface area contributed by atoms with Crippen molar-refractivity contribution < 1.29 is 23.8 Å². The van der Waals surface area contributed by atoms with Crippen molar-refractivity contribution in [1.82, 2.24) is 4.98 Å². The van der Waals surface area contributed by atoms with Gasteiger partial charge in [-0.2, -0.15) is 0 Å². The lowest BCUT2D eigenvalue weighted by atomic mass is 10.0. The van der Waals surface area contributed by atoms with Crippen LogP contribution in [0.4, 0.5) is 5.69 Å². The summed E-state index contributed by atoms with van der Waals surface area (Å²) >= 11 is 12.0. The Morgan fingerprint density at radius 2 is 1.58 bits per heavy atom. The molecule has 1 aromatic heterocycles. The number of hydrogen-bond donors (Lipinski definition) is 1. The quantitative estimate of drug-likeness (QED) is 0.281.